The number of carbonyl (C=O) groups excluding carboxylic acids is 1. The number of Topliss-reactive ketones (excluding diaryl/α,β-unsaturated/α-hetero) is 1. The number of benzene rings is 2. The van der Waals surface area contributed by atoms with Crippen molar-refractivity contribution in [2.45, 2.75) is 49.5 Å². The first-order valence-electron chi connectivity index (χ1n) is 12.2. The molecule has 34 heavy (non-hydrogen) atoms. The van der Waals surface area contributed by atoms with Crippen LogP contribution in [0.25, 0.3) is 0 Å². The van der Waals surface area contributed by atoms with Crippen molar-refractivity contribution in [3.8, 4) is 5.75 Å². The van der Waals surface area contributed by atoms with Crippen LogP contribution in [0.1, 0.15) is 48.9 Å². The SMILES string of the molecule is O=C1C2=NCC3(CCCC3)CN2c2ccc(S(=O)(=O)N3CCC[C@H]3COc3ccccc3)cc21. The van der Waals surface area contributed by atoms with Crippen LogP contribution in [0.2, 0.25) is 0 Å². The lowest BCUT2D eigenvalue weighted by molar-refractivity contribution is 0.106. The van der Waals surface area contributed by atoms with Crippen molar-refractivity contribution in [3.63, 3.8) is 0 Å². The van der Waals surface area contributed by atoms with E-state index in [2.05, 4.69) is 4.99 Å². The normalized spacial score (nSPS) is 23.8. The maximum Gasteiger partial charge on any atom is 0.243 e. The van der Waals surface area contributed by atoms with Gasteiger partial charge < -0.3 is 9.64 Å². The Morgan fingerprint density at radius 2 is 1.85 bits per heavy atom. The van der Waals surface area contributed by atoms with Crippen molar-refractivity contribution in [2.24, 2.45) is 10.4 Å². The van der Waals surface area contributed by atoms with Gasteiger partial charge in [-0.05, 0) is 56.0 Å². The summed E-state index contributed by atoms with van der Waals surface area (Å²) in [6, 6.07) is 14.2. The molecule has 0 aromatic heterocycles. The smallest absolute Gasteiger partial charge is 0.243 e. The minimum Gasteiger partial charge on any atom is -0.492 e. The van der Waals surface area contributed by atoms with E-state index in [1.165, 1.54) is 17.1 Å². The topological polar surface area (TPSA) is 79.3 Å². The second-order valence-electron chi connectivity index (χ2n) is 9.98. The highest BCUT2D eigenvalue weighted by atomic mass is 32.2. The Morgan fingerprint density at radius 1 is 1.06 bits per heavy atom. The van der Waals surface area contributed by atoms with Gasteiger partial charge in [-0.1, -0.05) is 31.0 Å². The Morgan fingerprint density at radius 3 is 2.65 bits per heavy atom. The molecule has 4 aliphatic rings. The number of carbonyl (C=O) groups is 1. The molecular formula is C26H29N3O4S. The second kappa shape index (κ2) is 8.20. The lowest BCUT2D eigenvalue weighted by Crippen LogP contribution is -2.45. The average molecular weight is 480 g/mol. The number of anilines is 1. The molecule has 3 heterocycles. The monoisotopic (exact) mass is 479 g/mol. The molecular weight excluding hydrogens is 450 g/mol. The summed E-state index contributed by atoms with van der Waals surface area (Å²) in [6.07, 6.45) is 6.24. The Balaban J connectivity index is 1.25. The van der Waals surface area contributed by atoms with Crippen LogP contribution in [0.5, 0.6) is 5.75 Å². The number of fused-ring (bicyclic) bond motifs is 3. The Kier molecular flexibility index (Phi) is 5.26. The van der Waals surface area contributed by atoms with Crippen LogP contribution >= 0.6 is 0 Å². The molecule has 1 saturated heterocycles. The van der Waals surface area contributed by atoms with E-state index < -0.39 is 10.0 Å². The van der Waals surface area contributed by atoms with E-state index in [0.717, 1.165) is 43.7 Å². The third kappa shape index (κ3) is 3.55. The van der Waals surface area contributed by atoms with Gasteiger partial charge in [-0.25, -0.2) is 8.42 Å². The summed E-state index contributed by atoms with van der Waals surface area (Å²) in [4.78, 5) is 20.0. The van der Waals surface area contributed by atoms with E-state index >= 15 is 0 Å². The molecule has 2 aromatic rings. The van der Waals surface area contributed by atoms with Crippen molar-refractivity contribution in [2.75, 3.05) is 31.1 Å². The zero-order valence-corrected chi connectivity index (χ0v) is 20.0. The van der Waals surface area contributed by atoms with Crippen LogP contribution in [0.3, 0.4) is 0 Å². The summed E-state index contributed by atoms with van der Waals surface area (Å²) < 4.78 is 34.6. The maximum absolute atomic E-state index is 13.6. The van der Waals surface area contributed by atoms with Crippen LogP contribution in [-0.2, 0) is 10.0 Å². The molecule has 8 heteroatoms. The summed E-state index contributed by atoms with van der Waals surface area (Å²) in [7, 11) is -3.75. The standard InChI is InChI=1S/C26H29N3O4S/c30-24-22-15-21(10-11-23(22)28-18-26(12-4-5-13-26)17-27-25(24)28)34(31,32)29-14-6-7-19(29)16-33-20-8-2-1-3-9-20/h1-3,8-11,15,19H,4-7,12-14,16-18H2/t19-/m0/s1. The number of aliphatic imine (C=N–C) groups is 1. The number of ether oxygens (including phenoxy) is 1. The summed E-state index contributed by atoms with van der Waals surface area (Å²) in [5, 5.41) is 0. The summed E-state index contributed by atoms with van der Waals surface area (Å²) >= 11 is 0. The van der Waals surface area contributed by atoms with Gasteiger partial charge in [0, 0.05) is 25.0 Å². The van der Waals surface area contributed by atoms with Crippen molar-refractivity contribution < 1.29 is 17.9 Å². The third-order valence-electron chi connectivity index (χ3n) is 7.80. The predicted octanol–water partition coefficient (Wildman–Crippen LogP) is 3.89. The minimum absolute atomic E-state index is 0.150. The fourth-order valence-corrected chi connectivity index (χ4v) is 7.68. The molecule has 1 atom stereocenters. The fraction of sp³-hybridized carbons (Fsp3) is 0.462. The Labute approximate surface area is 200 Å². The van der Waals surface area contributed by atoms with Crippen molar-refractivity contribution in [1.82, 2.24) is 4.31 Å². The number of nitrogens with zero attached hydrogens (tertiary/aromatic N) is 3. The lowest BCUT2D eigenvalue weighted by Gasteiger charge is -2.37. The van der Waals surface area contributed by atoms with Crippen LogP contribution < -0.4 is 9.64 Å². The molecule has 178 valence electrons. The molecule has 2 fully saturated rings. The first-order valence-corrected chi connectivity index (χ1v) is 13.6. The quantitative estimate of drug-likeness (QED) is 0.650. The first-order chi connectivity index (χ1) is 16.5. The molecule has 7 nitrogen and oxygen atoms in total. The van der Waals surface area contributed by atoms with Gasteiger partial charge in [-0.15, -0.1) is 0 Å². The highest BCUT2D eigenvalue weighted by Crippen LogP contribution is 2.45. The molecule has 0 amide bonds. The molecule has 2 aromatic carbocycles. The number of rotatable bonds is 5. The van der Waals surface area contributed by atoms with Crippen molar-refractivity contribution in [3.05, 3.63) is 54.1 Å². The number of hydrogen-bond donors (Lipinski definition) is 0. The second-order valence-corrected chi connectivity index (χ2v) is 11.9. The van der Waals surface area contributed by atoms with E-state index in [1.54, 1.807) is 18.2 Å². The summed E-state index contributed by atoms with van der Waals surface area (Å²) in [6.45, 7) is 2.25. The van der Waals surface area contributed by atoms with Gasteiger partial charge in [-0.3, -0.25) is 9.79 Å². The number of hydrogen-bond acceptors (Lipinski definition) is 6. The van der Waals surface area contributed by atoms with Crippen molar-refractivity contribution >= 4 is 27.3 Å². The zero-order chi connectivity index (χ0) is 23.3. The highest BCUT2D eigenvalue weighted by molar-refractivity contribution is 7.89. The number of ketones is 1. The number of para-hydroxylation sites is 1. The zero-order valence-electron chi connectivity index (χ0n) is 19.2. The molecule has 1 aliphatic carbocycles. The highest BCUT2D eigenvalue weighted by Gasteiger charge is 2.46. The summed E-state index contributed by atoms with van der Waals surface area (Å²) in [5.41, 5.74) is 1.39. The van der Waals surface area contributed by atoms with E-state index in [4.69, 9.17) is 4.74 Å². The Hall–Kier alpha value is -2.71. The van der Waals surface area contributed by atoms with E-state index in [1.807, 2.05) is 35.2 Å². The van der Waals surface area contributed by atoms with Crippen molar-refractivity contribution in [1.29, 1.82) is 0 Å². The van der Waals surface area contributed by atoms with Gasteiger partial charge in [0.2, 0.25) is 15.8 Å². The molecule has 0 unspecified atom stereocenters. The van der Waals surface area contributed by atoms with Gasteiger partial charge in [0.25, 0.3) is 0 Å². The largest absolute Gasteiger partial charge is 0.492 e. The molecule has 3 aliphatic heterocycles. The van der Waals surface area contributed by atoms with Gasteiger partial charge >= 0.3 is 0 Å². The first kappa shape index (κ1) is 21.8. The lowest BCUT2D eigenvalue weighted by atomic mass is 9.84. The summed E-state index contributed by atoms with van der Waals surface area (Å²) in [5.74, 6) is 1.04. The molecule has 0 bridgehead atoms. The minimum atomic E-state index is -3.75. The molecule has 0 N–H and O–H groups in total. The molecule has 6 rings (SSSR count). The third-order valence-corrected chi connectivity index (χ3v) is 9.75. The van der Waals surface area contributed by atoms with Gasteiger partial charge in [-0.2, -0.15) is 4.31 Å². The average Bonchev–Trinajstić information content (AvgIpc) is 3.58. The molecule has 1 spiro atoms. The number of amidine groups is 1. The Bertz CT molecular complexity index is 1250. The number of sulfonamides is 1. The molecule has 0 radical (unpaired) electrons. The van der Waals surface area contributed by atoms with Gasteiger partial charge in [0.1, 0.15) is 12.4 Å². The maximum atomic E-state index is 13.6. The predicted molar refractivity (Wildman–Crippen MR) is 130 cm³/mol. The van der Waals surface area contributed by atoms with Crippen LogP contribution in [-0.4, -0.2) is 56.6 Å². The van der Waals surface area contributed by atoms with E-state index in [9.17, 15) is 13.2 Å². The van der Waals surface area contributed by atoms with Gasteiger partial charge in [0.15, 0.2) is 5.84 Å². The van der Waals surface area contributed by atoms with E-state index in [0.29, 0.717) is 31.1 Å². The van der Waals surface area contributed by atoms with Crippen LogP contribution in [0.4, 0.5) is 5.69 Å². The van der Waals surface area contributed by atoms with Crippen LogP contribution in [0.15, 0.2) is 58.4 Å². The van der Waals surface area contributed by atoms with Gasteiger partial charge in [0.05, 0.1) is 22.2 Å². The fourth-order valence-electron chi connectivity index (χ4n) is 5.97. The van der Waals surface area contributed by atoms with Crippen LogP contribution in [0, 0.1) is 5.41 Å². The molecule has 1 saturated carbocycles. The van der Waals surface area contributed by atoms with E-state index in [-0.39, 0.29) is 22.1 Å².